The van der Waals surface area contributed by atoms with E-state index >= 15 is 0 Å². The lowest BCUT2D eigenvalue weighted by molar-refractivity contribution is -0.140. The number of hydrogen-bond acceptors (Lipinski definition) is 7. The van der Waals surface area contributed by atoms with Crippen LogP contribution in [0.3, 0.4) is 0 Å². The maximum atomic E-state index is 13.7. The van der Waals surface area contributed by atoms with Crippen LogP contribution in [0.4, 0.5) is 18.9 Å². The summed E-state index contributed by atoms with van der Waals surface area (Å²) in [6, 6.07) is 2.52. The van der Waals surface area contributed by atoms with Crippen LogP contribution in [0.5, 0.6) is 0 Å². The lowest BCUT2D eigenvalue weighted by atomic mass is 10.0. The zero-order chi connectivity index (χ0) is 25.8. The van der Waals surface area contributed by atoms with Gasteiger partial charge in [-0.15, -0.1) is 11.3 Å². The van der Waals surface area contributed by atoms with E-state index in [1.807, 2.05) is 6.92 Å². The Kier molecular flexibility index (Phi) is 5.47. The minimum absolute atomic E-state index is 0.0392. The number of nitrogens with two attached hydrogens (primary N) is 1. The van der Waals surface area contributed by atoms with Crippen molar-refractivity contribution in [3.05, 3.63) is 58.7 Å². The molecule has 0 aliphatic heterocycles. The third-order valence-electron chi connectivity index (χ3n) is 5.63. The largest absolute Gasteiger partial charge is 0.433 e. The molecule has 0 fully saturated rings. The molecule has 2 amide bonds. The number of anilines is 1. The van der Waals surface area contributed by atoms with Gasteiger partial charge in [0, 0.05) is 35.6 Å². The number of fused-ring (bicyclic) bond motifs is 2. The molecule has 0 unspecified atom stereocenters. The van der Waals surface area contributed by atoms with Crippen molar-refractivity contribution in [3.63, 3.8) is 0 Å². The molecule has 0 spiro atoms. The summed E-state index contributed by atoms with van der Waals surface area (Å²) >= 11 is 0.668. The molecule has 0 aliphatic rings. The molecule has 5 heterocycles. The van der Waals surface area contributed by atoms with Gasteiger partial charge in [-0.3, -0.25) is 14.3 Å². The van der Waals surface area contributed by atoms with Gasteiger partial charge >= 0.3 is 6.18 Å². The van der Waals surface area contributed by atoms with Gasteiger partial charge < -0.3 is 11.1 Å². The number of nitrogens with zero attached hydrogens (tertiary/aromatic N) is 6. The predicted octanol–water partition coefficient (Wildman–Crippen LogP) is 3.90. The Hall–Kier alpha value is -4.33. The van der Waals surface area contributed by atoms with Crippen LogP contribution in [0, 0.1) is 6.92 Å². The normalized spacial score (nSPS) is 11.9. The summed E-state index contributed by atoms with van der Waals surface area (Å²) < 4.78 is 44.2. The number of nitrogens with one attached hydrogen (secondary N) is 1. The highest BCUT2D eigenvalue weighted by Gasteiger charge is 2.35. The molecule has 184 valence electrons. The van der Waals surface area contributed by atoms with Gasteiger partial charge in [-0.05, 0) is 31.5 Å². The molecule has 0 aromatic carbocycles. The highest BCUT2D eigenvalue weighted by atomic mass is 32.1. The first-order valence-electron chi connectivity index (χ1n) is 10.6. The third-order valence-corrected chi connectivity index (χ3v) is 6.73. The molecule has 0 bridgehead atoms. The van der Waals surface area contributed by atoms with Crippen molar-refractivity contribution >= 4 is 44.7 Å². The van der Waals surface area contributed by atoms with E-state index in [1.165, 1.54) is 23.1 Å². The Labute approximate surface area is 204 Å². The van der Waals surface area contributed by atoms with Crippen LogP contribution in [0.15, 0.2) is 36.9 Å². The molecular formula is C22H17F3N8O2S. The van der Waals surface area contributed by atoms with Crippen LogP contribution in [-0.4, -0.2) is 41.2 Å². The van der Waals surface area contributed by atoms with E-state index in [0.29, 0.717) is 29.1 Å². The van der Waals surface area contributed by atoms with Crippen molar-refractivity contribution in [2.45, 2.75) is 26.6 Å². The smallest absolute Gasteiger partial charge is 0.365 e. The SMILES string of the molecule is CCn1ncc(-c2cc(C(F)(F)F)nc3sc(C(N)=O)c(NC(=O)c4cnn5cccnc45)c23)c1C. The Morgan fingerprint density at radius 2 is 1.97 bits per heavy atom. The number of amides is 2. The minimum atomic E-state index is -4.75. The van der Waals surface area contributed by atoms with E-state index in [-0.39, 0.29) is 37.6 Å². The standard InChI is InChI=1S/C22H17F3N8O2S/c1-3-32-10(2)12(8-28-32)11-7-14(22(23,24)25)30-21-15(11)16(17(36-21)18(26)34)31-20(35)13-9-29-33-6-4-5-27-19(13)33/h4-9H,3H2,1-2H3,(H2,26,34)(H,31,35). The Morgan fingerprint density at radius 1 is 1.19 bits per heavy atom. The summed E-state index contributed by atoms with van der Waals surface area (Å²) in [7, 11) is 0. The number of carbonyl (C=O) groups is 2. The lowest BCUT2D eigenvalue weighted by Crippen LogP contribution is -2.17. The van der Waals surface area contributed by atoms with Crippen LogP contribution < -0.4 is 11.1 Å². The predicted molar refractivity (Wildman–Crippen MR) is 126 cm³/mol. The molecule has 36 heavy (non-hydrogen) atoms. The second-order valence-electron chi connectivity index (χ2n) is 7.76. The van der Waals surface area contributed by atoms with Gasteiger partial charge in [0.05, 0.1) is 18.1 Å². The average molecular weight is 514 g/mol. The number of thiophene rings is 1. The first-order chi connectivity index (χ1) is 17.1. The fourth-order valence-corrected chi connectivity index (χ4v) is 4.95. The number of primary amides is 1. The maximum absolute atomic E-state index is 13.7. The molecule has 0 saturated carbocycles. The second-order valence-corrected chi connectivity index (χ2v) is 8.76. The first-order valence-corrected chi connectivity index (χ1v) is 11.4. The Bertz CT molecular complexity index is 1670. The summed E-state index contributed by atoms with van der Waals surface area (Å²) in [6.45, 7) is 4.06. The number of halogens is 3. The van der Waals surface area contributed by atoms with E-state index < -0.39 is 23.7 Å². The topological polar surface area (TPSA) is 133 Å². The molecule has 3 N–H and O–H groups in total. The van der Waals surface area contributed by atoms with Crippen molar-refractivity contribution in [2.75, 3.05) is 5.32 Å². The summed E-state index contributed by atoms with van der Waals surface area (Å²) in [5.74, 6) is -1.59. The van der Waals surface area contributed by atoms with Gasteiger partial charge in [0.25, 0.3) is 11.8 Å². The fourth-order valence-electron chi connectivity index (χ4n) is 3.95. The number of hydrogen-bond donors (Lipinski definition) is 2. The molecule has 14 heteroatoms. The Morgan fingerprint density at radius 3 is 2.64 bits per heavy atom. The zero-order valence-electron chi connectivity index (χ0n) is 18.8. The number of alkyl halides is 3. The molecule has 10 nitrogen and oxygen atoms in total. The molecule has 5 aromatic heterocycles. The Balaban J connectivity index is 1.76. The molecule has 0 atom stereocenters. The van der Waals surface area contributed by atoms with Crippen LogP contribution >= 0.6 is 11.3 Å². The number of carbonyl (C=O) groups excluding carboxylic acids is 2. The number of rotatable bonds is 5. The van der Waals surface area contributed by atoms with E-state index in [2.05, 4.69) is 25.5 Å². The summed E-state index contributed by atoms with van der Waals surface area (Å²) in [4.78, 5) is 33.2. The van der Waals surface area contributed by atoms with Crippen LogP contribution in [0.25, 0.3) is 27.0 Å². The highest BCUT2D eigenvalue weighted by molar-refractivity contribution is 7.21. The van der Waals surface area contributed by atoms with Gasteiger partial charge in [-0.2, -0.15) is 23.4 Å². The highest BCUT2D eigenvalue weighted by Crippen LogP contribution is 2.44. The number of pyridine rings is 1. The van der Waals surface area contributed by atoms with Crippen LogP contribution in [-0.2, 0) is 12.7 Å². The first kappa shape index (κ1) is 23.4. The minimum Gasteiger partial charge on any atom is -0.365 e. The lowest BCUT2D eigenvalue weighted by Gasteiger charge is -2.12. The van der Waals surface area contributed by atoms with E-state index in [1.54, 1.807) is 23.9 Å². The van der Waals surface area contributed by atoms with Gasteiger partial charge in [-0.1, -0.05) is 0 Å². The maximum Gasteiger partial charge on any atom is 0.433 e. The van der Waals surface area contributed by atoms with Gasteiger partial charge in [-0.25, -0.2) is 14.5 Å². The molecule has 5 aromatic rings. The van der Waals surface area contributed by atoms with E-state index in [0.717, 1.165) is 6.07 Å². The third kappa shape index (κ3) is 3.75. The molecule has 0 aliphatic carbocycles. The monoisotopic (exact) mass is 514 g/mol. The van der Waals surface area contributed by atoms with Crippen molar-refractivity contribution in [2.24, 2.45) is 5.73 Å². The molecule has 5 rings (SSSR count). The van der Waals surface area contributed by atoms with E-state index in [9.17, 15) is 22.8 Å². The summed E-state index contributed by atoms with van der Waals surface area (Å²) in [5.41, 5.74) is 5.85. The van der Waals surface area contributed by atoms with Crippen LogP contribution in [0.1, 0.15) is 38.3 Å². The quantitative estimate of drug-likeness (QED) is 0.366. The van der Waals surface area contributed by atoms with Crippen molar-refractivity contribution in [3.8, 4) is 11.1 Å². The van der Waals surface area contributed by atoms with E-state index in [4.69, 9.17) is 5.73 Å². The van der Waals surface area contributed by atoms with Crippen LogP contribution in [0.2, 0.25) is 0 Å². The zero-order valence-corrected chi connectivity index (χ0v) is 19.6. The summed E-state index contributed by atoms with van der Waals surface area (Å²) in [6.07, 6.45) is 1.07. The fraction of sp³-hybridized carbons (Fsp3) is 0.182. The number of aromatic nitrogens is 6. The average Bonchev–Trinajstić information content (AvgIpc) is 3.53. The molecule has 0 radical (unpaired) electrons. The second kappa shape index (κ2) is 8.41. The molecular weight excluding hydrogens is 497 g/mol. The van der Waals surface area contributed by atoms with Crippen molar-refractivity contribution in [1.29, 1.82) is 0 Å². The van der Waals surface area contributed by atoms with Gasteiger partial charge in [0.2, 0.25) is 0 Å². The van der Waals surface area contributed by atoms with Gasteiger partial charge in [0.15, 0.2) is 5.65 Å². The molecule has 0 saturated heterocycles. The summed E-state index contributed by atoms with van der Waals surface area (Å²) in [5, 5.41) is 11.1. The van der Waals surface area contributed by atoms with Gasteiger partial charge in [0.1, 0.15) is 21.0 Å². The number of aryl methyl sites for hydroxylation is 1. The van der Waals surface area contributed by atoms with Crippen molar-refractivity contribution < 1.29 is 22.8 Å². The van der Waals surface area contributed by atoms with Crippen molar-refractivity contribution in [1.82, 2.24) is 29.4 Å².